The number of benzene rings is 4. The largest absolute Gasteiger partial charge is 0.350 e. The minimum atomic E-state index is -1.48. The fourth-order valence-electron chi connectivity index (χ4n) is 5.15. The normalized spacial score (nSPS) is 18.3. The van der Waals surface area contributed by atoms with Gasteiger partial charge in [-0.2, -0.15) is 0 Å². The van der Waals surface area contributed by atoms with Gasteiger partial charge >= 0.3 is 0 Å². The van der Waals surface area contributed by atoms with Crippen LogP contribution in [0.1, 0.15) is 27.0 Å². The standard InChI is InChI=1S/C29H21Cl2N3O2/c1-18-8-6-9-19(16-18)34-27(35)20-10-2-4-14-25(20)32-29(34)22-11-3-5-15-26(22)33(28(29)36)17-21-23(30)12-7-13-24(21)31/h2-16,32H,17H2,1H3/t29-/m0/s1. The Morgan fingerprint density at radius 2 is 1.53 bits per heavy atom. The molecule has 6 rings (SSSR count). The molecule has 0 aromatic heterocycles. The summed E-state index contributed by atoms with van der Waals surface area (Å²) in [5.74, 6) is -0.542. The Labute approximate surface area is 218 Å². The molecule has 0 saturated carbocycles. The van der Waals surface area contributed by atoms with Crippen LogP contribution in [0.5, 0.6) is 0 Å². The zero-order valence-electron chi connectivity index (χ0n) is 19.3. The fraction of sp³-hybridized carbons (Fsp3) is 0.103. The summed E-state index contributed by atoms with van der Waals surface area (Å²) in [4.78, 5) is 31.9. The second kappa shape index (κ2) is 8.40. The van der Waals surface area contributed by atoms with Crippen LogP contribution >= 0.6 is 23.2 Å². The molecule has 0 fully saturated rings. The van der Waals surface area contributed by atoms with E-state index < -0.39 is 5.66 Å². The summed E-state index contributed by atoms with van der Waals surface area (Å²) in [5, 5.41) is 4.42. The molecule has 0 radical (unpaired) electrons. The lowest BCUT2D eigenvalue weighted by molar-refractivity contribution is -0.122. The monoisotopic (exact) mass is 513 g/mol. The van der Waals surface area contributed by atoms with Gasteiger partial charge in [0.25, 0.3) is 11.8 Å². The minimum Gasteiger partial charge on any atom is -0.350 e. The smallest absolute Gasteiger partial charge is 0.279 e. The van der Waals surface area contributed by atoms with Gasteiger partial charge in [0.15, 0.2) is 0 Å². The summed E-state index contributed by atoms with van der Waals surface area (Å²) >= 11 is 13.0. The molecule has 0 saturated heterocycles. The number of aryl methyl sites for hydroxylation is 1. The number of halogens is 2. The Bertz CT molecular complexity index is 1530. The van der Waals surface area contributed by atoms with Gasteiger partial charge in [-0.25, -0.2) is 0 Å². The number of fused-ring (bicyclic) bond motifs is 3. The lowest BCUT2D eigenvalue weighted by Crippen LogP contribution is -2.63. The average Bonchev–Trinajstić information content (AvgIpc) is 3.09. The molecule has 7 heteroatoms. The Kier molecular flexibility index (Phi) is 5.29. The molecule has 2 amide bonds. The van der Waals surface area contributed by atoms with Crippen LogP contribution in [0.3, 0.4) is 0 Å². The van der Waals surface area contributed by atoms with E-state index in [1.54, 1.807) is 34.1 Å². The SMILES string of the molecule is Cc1cccc(N2C(=O)c3ccccc3N[C@]23C(=O)N(Cc2c(Cl)cccc2Cl)c2ccccc23)c1. The van der Waals surface area contributed by atoms with E-state index in [0.717, 1.165) is 5.56 Å². The lowest BCUT2D eigenvalue weighted by Gasteiger charge is -2.45. The molecule has 0 unspecified atom stereocenters. The highest BCUT2D eigenvalue weighted by atomic mass is 35.5. The first-order valence-electron chi connectivity index (χ1n) is 11.5. The summed E-state index contributed by atoms with van der Waals surface area (Å²) in [6, 6.07) is 27.7. The van der Waals surface area contributed by atoms with E-state index in [9.17, 15) is 9.59 Å². The van der Waals surface area contributed by atoms with Crippen molar-refractivity contribution < 1.29 is 9.59 Å². The van der Waals surface area contributed by atoms with Crippen molar-refractivity contribution in [1.82, 2.24) is 0 Å². The van der Waals surface area contributed by atoms with Gasteiger partial charge in [0, 0.05) is 32.5 Å². The van der Waals surface area contributed by atoms with Gasteiger partial charge in [0.1, 0.15) is 0 Å². The van der Waals surface area contributed by atoms with Crippen molar-refractivity contribution in [1.29, 1.82) is 0 Å². The quantitative estimate of drug-likeness (QED) is 0.328. The van der Waals surface area contributed by atoms with Crippen LogP contribution in [0.4, 0.5) is 17.1 Å². The van der Waals surface area contributed by atoms with Crippen molar-refractivity contribution in [2.45, 2.75) is 19.1 Å². The molecule has 178 valence electrons. The molecule has 1 spiro atoms. The van der Waals surface area contributed by atoms with Crippen LogP contribution < -0.4 is 15.1 Å². The van der Waals surface area contributed by atoms with Gasteiger partial charge in [0.2, 0.25) is 5.66 Å². The van der Waals surface area contributed by atoms with Gasteiger partial charge in [0.05, 0.1) is 17.8 Å². The third-order valence-corrected chi connectivity index (χ3v) is 7.50. The van der Waals surface area contributed by atoms with E-state index in [-0.39, 0.29) is 18.4 Å². The van der Waals surface area contributed by atoms with Crippen LogP contribution in [-0.2, 0) is 17.0 Å². The van der Waals surface area contributed by atoms with Crippen LogP contribution in [-0.4, -0.2) is 11.8 Å². The first-order valence-corrected chi connectivity index (χ1v) is 12.3. The fourth-order valence-corrected chi connectivity index (χ4v) is 5.67. The zero-order chi connectivity index (χ0) is 25.0. The maximum absolute atomic E-state index is 14.6. The summed E-state index contributed by atoms with van der Waals surface area (Å²) in [6.07, 6.45) is 0. The van der Waals surface area contributed by atoms with Gasteiger partial charge in [-0.15, -0.1) is 0 Å². The summed E-state index contributed by atoms with van der Waals surface area (Å²) < 4.78 is 0. The number of anilines is 3. The van der Waals surface area contributed by atoms with Crippen molar-refractivity contribution in [2.75, 3.05) is 15.1 Å². The maximum Gasteiger partial charge on any atom is 0.279 e. The number of amides is 2. The average molecular weight is 514 g/mol. The molecule has 2 aliphatic heterocycles. The molecule has 1 atom stereocenters. The van der Waals surface area contributed by atoms with Crippen molar-refractivity contribution >= 4 is 52.1 Å². The van der Waals surface area contributed by atoms with Gasteiger partial charge < -0.3 is 10.2 Å². The van der Waals surface area contributed by atoms with Crippen LogP contribution in [0.25, 0.3) is 0 Å². The van der Waals surface area contributed by atoms with E-state index in [0.29, 0.717) is 43.8 Å². The molecule has 36 heavy (non-hydrogen) atoms. The Morgan fingerprint density at radius 1 is 0.833 bits per heavy atom. The highest BCUT2D eigenvalue weighted by Gasteiger charge is 2.59. The van der Waals surface area contributed by atoms with Crippen LogP contribution in [0, 0.1) is 6.92 Å². The molecule has 2 heterocycles. The molecule has 4 aromatic rings. The first kappa shape index (κ1) is 22.7. The first-order chi connectivity index (χ1) is 17.4. The number of nitrogens with one attached hydrogen (secondary N) is 1. The van der Waals surface area contributed by atoms with Crippen LogP contribution in [0.2, 0.25) is 10.0 Å². The predicted octanol–water partition coefficient (Wildman–Crippen LogP) is 6.77. The predicted molar refractivity (Wildman–Crippen MR) is 144 cm³/mol. The number of carbonyl (C=O) groups excluding carboxylic acids is 2. The molecular formula is C29H21Cl2N3O2. The summed E-state index contributed by atoms with van der Waals surface area (Å²) in [5.41, 5.74) is 3.25. The van der Waals surface area contributed by atoms with Gasteiger partial charge in [-0.3, -0.25) is 14.5 Å². The lowest BCUT2D eigenvalue weighted by atomic mass is 9.92. The van der Waals surface area contributed by atoms with Crippen molar-refractivity contribution in [3.63, 3.8) is 0 Å². The Morgan fingerprint density at radius 3 is 2.31 bits per heavy atom. The third kappa shape index (κ3) is 3.24. The molecule has 5 nitrogen and oxygen atoms in total. The van der Waals surface area contributed by atoms with E-state index >= 15 is 0 Å². The van der Waals surface area contributed by atoms with E-state index in [1.165, 1.54) is 0 Å². The third-order valence-electron chi connectivity index (χ3n) is 6.79. The molecule has 0 bridgehead atoms. The molecule has 0 aliphatic carbocycles. The number of carbonyl (C=O) groups is 2. The van der Waals surface area contributed by atoms with Crippen LogP contribution in [0.15, 0.2) is 91.0 Å². The second-order valence-electron chi connectivity index (χ2n) is 8.97. The van der Waals surface area contributed by atoms with Gasteiger partial charge in [-0.1, -0.05) is 71.7 Å². The maximum atomic E-state index is 14.6. The molecular weight excluding hydrogens is 493 g/mol. The Hall–Kier alpha value is -3.80. The summed E-state index contributed by atoms with van der Waals surface area (Å²) in [7, 11) is 0. The topological polar surface area (TPSA) is 52.7 Å². The number of rotatable bonds is 3. The second-order valence-corrected chi connectivity index (χ2v) is 9.78. The van der Waals surface area contributed by atoms with Crippen molar-refractivity contribution in [2.24, 2.45) is 0 Å². The number of para-hydroxylation sites is 2. The van der Waals surface area contributed by atoms with E-state index in [1.807, 2.05) is 73.7 Å². The molecule has 2 aliphatic rings. The molecule has 4 aromatic carbocycles. The Balaban J connectivity index is 1.59. The van der Waals surface area contributed by atoms with E-state index in [2.05, 4.69) is 5.32 Å². The minimum absolute atomic E-state index is 0.162. The highest BCUT2D eigenvalue weighted by molar-refractivity contribution is 6.36. The number of hydrogen-bond donors (Lipinski definition) is 1. The van der Waals surface area contributed by atoms with Crippen molar-refractivity contribution in [3.8, 4) is 0 Å². The molecule has 1 N–H and O–H groups in total. The van der Waals surface area contributed by atoms with Gasteiger partial charge in [-0.05, 0) is 55.0 Å². The summed E-state index contributed by atoms with van der Waals surface area (Å²) in [6.45, 7) is 2.12. The number of hydrogen-bond acceptors (Lipinski definition) is 3. The zero-order valence-corrected chi connectivity index (χ0v) is 20.8. The number of nitrogens with zero attached hydrogens (tertiary/aromatic N) is 2. The highest BCUT2D eigenvalue weighted by Crippen LogP contribution is 2.50. The van der Waals surface area contributed by atoms with E-state index in [4.69, 9.17) is 23.2 Å². The van der Waals surface area contributed by atoms with Crippen molar-refractivity contribution in [3.05, 3.63) is 123 Å².